The van der Waals surface area contributed by atoms with Crippen LogP contribution in [0.4, 0.5) is 19.0 Å². The van der Waals surface area contributed by atoms with Gasteiger partial charge in [-0.15, -0.1) is 0 Å². The Balaban J connectivity index is 2.38. The molecule has 0 spiro atoms. The summed E-state index contributed by atoms with van der Waals surface area (Å²) in [6.07, 6.45) is -3.05. The van der Waals surface area contributed by atoms with Gasteiger partial charge in [0.05, 0.1) is 0 Å². The molecule has 0 aromatic carbocycles. The first-order valence-corrected chi connectivity index (χ1v) is 4.74. The van der Waals surface area contributed by atoms with Gasteiger partial charge < -0.3 is 10.5 Å². The van der Waals surface area contributed by atoms with Crippen LogP contribution in [-0.2, 0) is 16.0 Å². The van der Waals surface area contributed by atoms with Crippen molar-refractivity contribution in [3.8, 4) is 0 Å². The van der Waals surface area contributed by atoms with Gasteiger partial charge in [0.15, 0.2) is 5.78 Å². The minimum atomic E-state index is -4.42. The van der Waals surface area contributed by atoms with Crippen molar-refractivity contribution >= 4 is 11.6 Å². The van der Waals surface area contributed by atoms with Crippen LogP contribution in [0, 0.1) is 0 Å². The fraction of sp³-hybridized carbons (Fsp3) is 0.400. The number of hydrogen-bond donors (Lipinski definition) is 1. The summed E-state index contributed by atoms with van der Waals surface area (Å²) in [5.41, 5.74) is 5.96. The molecular weight excluding hydrogens is 237 g/mol. The molecule has 4 nitrogen and oxygen atoms in total. The van der Waals surface area contributed by atoms with E-state index in [1.54, 1.807) is 12.1 Å². The van der Waals surface area contributed by atoms with Gasteiger partial charge >= 0.3 is 6.18 Å². The van der Waals surface area contributed by atoms with E-state index >= 15 is 0 Å². The number of halogens is 3. The van der Waals surface area contributed by atoms with Crippen LogP contribution >= 0.6 is 0 Å². The average molecular weight is 248 g/mol. The van der Waals surface area contributed by atoms with Crippen LogP contribution in [-0.4, -0.2) is 30.2 Å². The third-order valence-corrected chi connectivity index (χ3v) is 1.84. The number of hydrogen-bond acceptors (Lipinski definition) is 4. The predicted molar refractivity (Wildman–Crippen MR) is 54.2 cm³/mol. The number of pyridine rings is 1. The lowest BCUT2D eigenvalue weighted by Crippen LogP contribution is -2.21. The molecule has 7 heteroatoms. The zero-order valence-corrected chi connectivity index (χ0v) is 8.83. The van der Waals surface area contributed by atoms with Crippen LogP contribution in [0.5, 0.6) is 0 Å². The maximum atomic E-state index is 11.7. The molecule has 1 heterocycles. The summed E-state index contributed by atoms with van der Waals surface area (Å²) in [7, 11) is 0. The summed E-state index contributed by atoms with van der Waals surface area (Å²) < 4.78 is 39.4. The Morgan fingerprint density at radius 3 is 2.76 bits per heavy atom. The lowest BCUT2D eigenvalue weighted by atomic mass is 10.1. The molecule has 1 rings (SSSR count). The topological polar surface area (TPSA) is 65.2 Å². The highest BCUT2D eigenvalue weighted by atomic mass is 19.4. The monoisotopic (exact) mass is 248 g/mol. The van der Waals surface area contributed by atoms with Gasteiger partial charge in [0.1, 0.15) is 19.0 Å². The molecule has 17 heavy (non-hydrogen) atoms. The third-order valence-electron chi connectivity index (χ3n) is 1.84. The normalized spacial score (nSPS) is 11.5. The van der Waals surface area contributed by atoms with Gasteiger partial charge in [0.25, 0.3) is 0 Å². The summed E-state index contributed by atoms with van der Waals surface area (Å²) in [6.45, 7) is -2.02. The van der Waals surface area contributed by atoms with Crippen molar-refractivity contribution in [3.05, 3.63) is 23.9 Å². The number of nitrogens with zero attached hydrogens (tertiary/aromatic N) is 1. The Morgan fingerprint density at radius 2 is 2.18 bits per heavy atom. The second-order valence-electron chi connectivity index (χ2n) is 3.37. The number of carbonyl (C=O) groups excluding carboxylic acids is 1. The van der Waals surface area contributed by atoms with E-state index in [1.165, 1.54) is 6.20 Å². The molecule has 0 atom stereocenters. The zero-order chi connectivity index (χ0) is 12.9. The molecule has 0 saturated heterocycles. The Labute approximate surface area is 95.6 Å². The minimum absolute atomic E-state index is 0.0858. The first-order valence-electron chi connectivity index (χ1n) is 4.74. The SMILES string of the molecule is Nc1ncccc1CC(=O)COCC(F)(F)F. The number of nitrogens with two attached hydrogens (primary N) is 1. The van der Waals surface area contributed by atoms with Gasteiger partial charge in [-0.25, -0.2) is 4.98 Å². The molecule has 0 bridgehead atoms. The fourth-order valence-electron chi connectivity index (χ4n) is 1.14. The Bertz CT molecular complexity index is 393. The van der Waals surface area contributed by atoms with Crippen molar-refractivity contribution in [2.75, 3.05) is 18.9 Å². The number of carbonyl (C=O) groups is 1. The average Bonchev–Trinajstić information content (AvgIpc) is 2.19. The van der Waals surface area contributed by atoms with Gasteiger partial charge in [-0.3, -0.25) is 4.79 Å². The second kappa shape index (κ2) is 5.62. The number of alkyl halides is 3. The van der Waals surface area contributed by atoms with Crippen molar-refractivity contribution in [2.45, 2.75) is 12.6 Å². The molecule has 1 aromatic rings. The standard InChI is InChI=1S/C10H11F3N2O2/c11-10(12,13)6-17-5-8(16)4-7-2-1-3-15-9(7)14/h1-3H,4-6H2,(H2,14,15). The van der Waals surface area contributed by atoms with Gasteiger partial charge in [0, 0.05) is 18.2 Å². The summed E-state index contributed by atoms with van der Waals surface area (Å²) in [5.74, 6) is -0.286. The van der Waals surface area contributed by atoms with Gasteiger partial charge in [-0.05, 0) is 6.07 Å². The number of rotatable bonds is 5. The van der Waals surface area contributed by atoms with E-state index in [2.05, 4.69) is 9.72 Å². The second-order valence-corrected chi connectivity index (χ2v) is 3.37. The summed E-state index contributed by atoms with van der Waals surface area (Å²) in [6, 6.07) is 3.18. The number of nitrogen functional groups attached to an aromatic ring is 1. The van der Waals surface area contributed by atoms with Crippen molar-refractivity contribution in [3.63, 3.8) is 0 Å². The lowest BCUT2D eigenvalue weighted by molar-refractivity contribution is -0.175. The highest BCUT2D eigenvalue weighted by molar-refractivity contribution is 5.83. The van der Waals surface area contributed by atoms with Crippen molar-refractivity contribution in [1.82, 2.24) is 4.98 Å². The lowest BCUT2D eigenvalue weighted by Gasteiger charge is -2.07. The zero-order valence-electron chi connectivity index (χ0n) is 8.83. The largest absolute Gasteiger partial charge is 0.411 e. The van der Waals surface area contributed by atoms with E-state index in [-0.39, 0.29) is 12.2 Å². The van der Waals surface area contributed by atoms with Crippen LogP contribution in [0.15, 0.2) is 18.3 Å². The van der Waals surface area contributed by atoms with Crippen LogP contribution in [0.3, 0.4) is 0 Å². The highest BCUT2D eigenvalue weighted by Gasteiger charge is 2.27. The van der Waals surface area contributed by atoms with Crippen molar-refractivity contribution in [2.24, 2.45) is 0 Å². The third kappa shape index (κ3) is 5.30. The smallest absolute Gasteiger partial charge is 0.383 e. The van der Waals surface area contributed by atoms with E-state index in [1.807, 2.05) is 0 Å². The number of anilines is 1. The number of Topliss-reactive ketones (excluding diaryl/α,β-unsaturated/α-hetero) is 1. The molecule has 0 unspecified atom stereocenters. The maximum Gasteiger partial charge on any atom is 0.411 e. The molecule has 0 fully saturated rings. The summed E-state index contributed by atoms with van der Waals surface area (Å²) in [5, 5.41) is 0. The number of aromatic nitrogens is 1. The van der Waals surface area contributed by atoms with Gasteiger partial charge in [0.2, 0.25) is 0 Å². The molecule has 0 aliphatic heterocycles. The molecule has 0 saturated carbocycles. The van der Waals surface area contributed by atoms with E-state index in [0.717, 1.165) is 0 Å². The van der Waals surface area contributed by atoms with Crippen LogP contribution in [0.2, 0.25) is 0 Å². The molecule has 0 aliphatic rings. The van der Waals surface area contributed by atoms with Crippen molar-refractivity contribution in [1.29, 1.82) is 0 Å². The maximum absolute atomic E-state index is 11.7. The van der Waals surface area contributed by atoms with E-state index in [9.17, 15) is 18.0 Å². The van der Waals surface area contributed by atoms with Gasteiger partial charge in [-0.2, -0.15) is 13.2 Å². The van der Waals surface area contributed by atoms with Crippen molar-refractivity contribution < 1.29 is 22.7 Å². The Morgan fingerprint density at radius 1 is 1.47 bits per heavy atom. The summed E-state index contributed by atoms with van der Waals surface area (Å²) >= 11 is 0. The highest BCUT2D eigenvalue weighted by Crippen LogP contribution is 2.14. The van der Waals surface area contributed by atoms with Crippen LogP contribution < -0.4 is 5.73 Å². The molecule has 1 aromatic heterocycles. The Kier molecular flexibility index (Phi) is 4.45. The van der Waals surface area contributed by atoms with E-state index in [0.29, 0.717) is 5.56 Å². The Hall–Kier alpha value is -1.63. The fourth-order valence-corrected chi connectivity index (χ4v) is 1.14. The first-order chi connectivity index (χ1) is 7.88. The van der Waals surface area contributed by atoms with E-state index in [4.69, 9.17) is 5.73 Å². The van der Waals surface area contributed by atoms with Crippen LogP contribution in [0.25, 0.3) is 0 Å². The predicted octanol–water partition coefficient (Wildman–Crippen LogP) is 1.35. The van der Waals surface area contributed by atoms with Crippen LogP contribution in [0.1, 0.15) is 5.56 Å². The first kappa shape index (κ1) is 13.4. The molecule has 94 valence electrons. The molecule has 0 amide bonds. The molecule has 2 N–H and O–H groups in total. The quantitative estimate of drug-likeness (QED) is 0.854. The molecule has 0 radical (unpaired) electrons. The summed E-state index contributed by atoms with van der Waals surface area (Å²) in [4.78, 5) is 15.0. The van der Waals surface area contributed by atoms with Gasteiger partial charge in [-0.1, -0.05) is 6.07 Å². The minimum Gasteiger partial charge on any atom is -0.383 e. The van der Waals surface area contributed by atoms with E-state index < -0.39 is 25.2 Å². The number of ether oxygens (including phenoxy) is 1. The molecule has 0 aliphatic carbocycles. The molecular formula is C10H11F3N2O2. The number of ketones is 1.